The number of rotatable bonds is 4. The predicted octanol–water partition coefficient (Wildman–Crippen LogP) is 4.04. The van der Waals surface area contributed by atoms with E-state index in [2.05, 4.69) is 5.10 Å². The summed E-state index contributed by atoms with van der Waals surface area (Å²) in [6.07, 6.45) is 1.54. The summed E-state index contributed by atoms with van der Waals surface area (Å²) in [5.74, 6) is -0.172. The number of nitro groups is 1. The van der Waals surface area contributed by atoms with Crippen LogP contribution in [0.2, 0.25) is 0 Å². The second-order valence-electron chi connectivity index (χ2n) is 6.84. The second-order valence-corrected chi connectivity index (χ2v) is 6.84. The fourth-order valence-corrected chi connectivity index (χ4v) is 3.09. The van der Waals surface area contributed by atoms with Crippen molar-refractivity contribution in [1.82, 2.24) is 0 Å². The fraction of sp³-hybridized carbons (Fsp3) is 0.0909. The number of hydrazone groups is 1. The summed E-state index contributed by atoms with van der Waals surface area (Å²) < 4.78 is 5.68. The number of benzene rings is 2. The van der Waals surface area contributed by atoms with Gasteiger partial charge in [0.25, 0.3) is 11.6 Å². The Kier molecular flexibility index (Phi) is 4.67. The molecule has 1 amide bonds. The highest BCUT2D eigenvalue weighted by Crippen LogP contribution is 2.33. The Balaban J connectivity index is 1.64. The third kappa shape index (κ3) is 3.46. The highest BCUT2D eigenvalue weighted by Gasteiger charge is 2.29. The lowest BCUT2D eigenvalue weighted by Gasteiger charge is -2.11. The van der Waals surface area contributed by atoms with Gasteiger partial charge in [-0.15, -0.1) is 0 Å². The van der Waals surface area contributed by atoms with Gasteiger partial charge in [-0.2, -0.15) is 10.1 Å². The van der Waals surface area contributed by atoms with Gasteiger partial charge < -0.3 is 9.52 Å². The van der Waals surface area contributed by atoms with E-state index in [0.29, 0.717) is 22.7 Å². The SMILES string of the molecule is CC1=NN(c2ccc(C)cc2)C(=O)/C1=C/c1ccc(-c2cc([N+](=O)[O-])ccc2[O-])o1. The summed E-state index contributed by atoms with van der Waals surface area (Å²) in [4.78, 5) is 23.2. The van der Waals surface area contributed by atoms with Gasteiger partial charge in [-0.3, -0.25) is 14.9 Å². The molecule has 0 radical (unpaired) electrons. The average Bonchev–Trinajstić information content (AvgIpc) is 3.29. The first kappa shape index (κ1) is 19.1. The molecule has 0 unspecified atom stereocenters. The van der Waals surface area contributed by atoms with Crippen molar-refractivity contribution >= 4 is 29.1 Å². The molecule has 0 aliphatic carbocycles. The molecular formula is C22H16N3O5-. The number of carbonyl (C=O) groups is 1. The van der Waals surface area contributed by atoms with Crippen molar-refractivity contribution in [3.05, 3.63) is 81.6 Å². The monoisotopic (exact) mass is 402 g/mol. The Morgan fingerprint density at radius 2 is 1.80 bits per heavy atom. The molecule has 0 N–H and O–H groups in total. The number of furan rings is 1. The van der Waals surface area contributed by atoms with E-state index in [0.717, 1.165) is 17.7 Å². The zero-order valence-corrected chi connectivity index (χ0v) is 16.2. The van der Waals surface area contributed by atoms with E-state index in [1.807, 2.05) is 31.2 Å². The molecule has 8 heteroatoms. The van der Waals surface area contributed by atoms with Crippen molar-refractivity contribution in [2.75, 3.05) is 5.01 Å². The van der Waals surface area contributed by atoms with E-state index < -0.39 is 10.7 Å². The minimum absolute atomic E-state index is 0.0817. The van der Waals surface area contributed by atoms with Crippen LogP contribution in [0.4, 0.5) is 11.4 Å². The van der Waals surface area contributed by atoms with E-state index in [1.165, 1.54) is 17.1 Å². The minimum Gasteiger partial charge on any atom is -0.872 e. The predicted molar refractivity (Wildman–Crippen MR) is 110 cm³/mol. The van der Waals surface area contributed by atoms with Crippen LogP contribution in [0.3, 0.4) is 0 Å². The molecule has 0 spiro atoms. The first-order chi connectivity index (χ1) is 14.3. The number of hydrogen-bond donors (Lipinski definition) is 0. The molecule has 0 bridgehead atoms. The minimum atomic E-state index is -0.578. The molecule has 1 aliphatic rings. The van der Waals surface area contributed by atoms with Gasteiger partial charge in [0, 0.05) is 17.7 Å². The largest absolute Gasteiger partial charge is 0.872 e. The van der Waals surface area contributed by atoms with Crippen LogP contribution >= 0.6 is 0 Å². The molecule has 30 heavy (non-hydrogen) atoms. The number of carbonyl (C=O) groups excluding carboxylic acids is 1. The van der Waals surface area contributed by atoms with Crippen molar-refractivity contribution in [3.8, 4) is 17.1 Å². The number of hydrogen-bond acceptors (Lipinski definition) is 6. The number of nitro benzene ring substituents is 1. The van der Waals surface area contributed by atoms with E-state index in [9.17, 15) is 20.0 Å². The topological polar surface area (TPSA) is 112 Å². The van der Waals surface area contributed by atoms with Crippen molar-refractivity contribution < 1.29 is 19.2 Å². The third-order valence-electron chi connectivity index (χ3n) is 4.69. The fourth-order valence-electron chi connectivity index (χ4n) is 3.09. The first-order valence-electron chi connectivity index (χ1n) is 9.07. The van der Waals surface area contributed by atoms with Gasteiger partial charge in [-0.05, 0) is 44.2 Å². The Bertz CT molecular complexity index is 1220. The smallest absolute Gasteiger partial charge is 0.280 e. The zero-order valence-electron chi connectivity index (χ0n) is 16.2. The summed E-state index contributed by atoms with van der Waals surface area (Å²) in [5, 5.41) is 28.7. The van der Waals surface area contributed by atoms with Crippen molar-refractivity contribution in [1.29, 1.82) is 0 Å². The standard InChI is InChI=1S/C22H17N3O5/c1-13-3-5-15(6-4-13)24-22(27)18(14(2)23-24)12-17-8-10-21(30-17)19-11-16(25(28)29)7-9-20(19)26/h3-12,26H,1-2H3/p-1/b18-12+. The van der Waals surface area contributed by atoms with Crippen molar-refractivity contribution in [2.45, 2.75) is 13.8 Å². The Labute approximate surface area is 171 Å². The van der Waals surface area contributed by atoms with Crippen LogP contribution in [0.1, 0.15) is 18.2 Å². The quantitative estimate of drug-likeness (QED) is 0.371. The molecule has 8 nitrogen and oxygen atoms in total. The molecule has 4 rings (SSSR count). The van der Waals surface area contributed by atoms with Crippen molar-refractivity contribution in [3.63, 3.8) is 0 Å². The van der Waals surface area contributed by atoms with E-state index in [4.69, 9.17) is 4.42 Å². The Morgan fingerprint density at radius 1 is 1.07 bits per heavy atom. The summed E-state index contributed by atoms with van der Waals surface area (Å²) in [6, 6.07) is 14.0. The molecule has 2 aromatic carbocycles. The molecule has 0 saturated carbocycles. The van der Waals surface area contributed by atoms with E-state index in [-0.39, 0.29) is 22.9 Å². The van der Waals surface area contributed by atoms with Crippen LogP contribution in [0, 0.1) is 17.0 Å². The molecule has 3 aromatic rings. The van der Waals surface area contributed by atoms with Gasteiger partial charge in [-0.1, -0.05) is 29.5 Å². The summed E-state index contributed by atoms with van der Waals surface area (Å²) in [6.45, 7) is 3.68. The Morgan fingerprint density at radius 3 is 2.50 bits per heavy atom. The van der Waals surface area contributed by atoms with Gasteiger partial charge in [0.15, 0.2) is 0 Å². The lowest BCUT2D eigenvalue weighted by molar-refractivity contribution is -0.385. The van der Waals surface area contributed by atoms with Crippen LogP contribution in [-0.2, 0) is 4.79 Å². The highest BCUT2D eigenvalue weighted by atomic mass is 16.6. The number of anilines is 1. The van der Waals surface area contributed by atoms with Gasteiger partial charge in [0.05, 0.1) is 21.9 Å². The van der Waals surface area contributed by atoms with Crippen molar-refractivity contribution in [2.24, 2.45) is 5.10 Å². The highest BCUT2D eigenvalue weighted by molar-refractivity contribution is 6.32. The average molecular weight is 402 g/mol. The van der Waals surface area contributed by atoms with Crippen LogP contribution < -0.4 is 10.1 Å². The molecule has 150 valence electrons. The first-order valence-corrected chi connectivity index (χ1v) is 9.07. The summed E-state index contributed by atoms with van der Waals surface area (Å²) in [5.41, 5.74) is 2.49. The van der Waals surface area contributed by atoms with Gasteiger partial charge in [-0.25, -0.2) is 0 Å². The number of non-ortho nitro benzene ring substituents is 1. The zero-order chi connectivity index (χ0) is 21.4. The Hall–Kier alpha value is -4.20. The lowest BCUT2D eigenvalue weighted by Crippen LogP contribution is -2.21. The number of amides is 1. The third-order valence-corrected chi connectivity index (χ3v) is 4.69. The normalized spacial score (nSPS) is 15.0. The molecule has 0 fully saturated rings. The maximum Gasteiger partial charge on any atom is 0.280 e. The van der Waals surface area contributed by atoms with Gasteiger partial charge in [0.1, 0.15) is 11.5 Å². The summed E-state index contributed by atoms with van der Waals surface area (Å²) in [7, 11) is 0. The molecule has 1 aliphatic heterocycles. The maximum atomic E-state index is 12.8. The van der Waals surface area contributed by atoms with Crippen LogP contribution in [0.5, 0.6) is 5.75 Å². The van der Waals surface area contributed by atoms with Gasteiger partial charge in [0.2, 0.25) is 0 Å². The molecular weight excluding hydrogens is 386 g/mol. The maximum absolute atomic E-state index is 12.8. The van der Waals surface area contributed by atoms with Crippen LogP contribution in [0.15, 0.2) is 69.7 Å². The van der Waals surface area contributed by atoms with E-state index in [1.54, 1.807) is 19.1 Å². The molecule has 1 aromatic heterocycles. The molecule has 2 heterocycles. The number of nitrogens with zero attached hydrogens (tertiary/aromatic N) is 3. The molecule has 0 atom stereocenters. The second kappa shape index (κ2) is 7.32. The number of aryl methyl sites for hydroxylation is 1. The van der Waals surface area contributed by atoms with E-state index >= 15 is 0 Å². The summed E-state index contributed by atoms with van der Waals surface area (Å²) >= 11 is 0. The van der Waals surface area contributed by atoms with Gasteiger partial charge >= 0.3 is 0 Å². The lowest BCUT2D eigenvalue weighted by atomic mass is 10.1. The van der Waals surface area contributed by atoms with Crippen LogP contribution in [-0.4, -0.2) is 16.5 Å². The van der Waals surface area contributed by atoms with Crippen LogP contribution in [0.25, 0.3) is 17.4 Å². The molecule has 0 saturated heterocycles.